The maximum atomic E-state index is 12.2. The van der Waals surface area contributed by atoms with Gasteiger partial charge in [0.2, 0.25) is 5.91 Å². The fourth-order valence-corrected chi connectivity index (χ4v) is 4.47. The molecule has 23 heavy (non-hydrogen) atoms. The summed E-state index contributed by atoms with van der Waals surface area (Å²) in [5, 5.41) is 8.43. The number of nitrogens with one attached hydrogen (secondary N) is 2. The summed E-state index contributed by atoms with van der Waals surface area (Å²) in [7, 11) is 0. The summed E-state index contributed by atoms with van der Waals surface area (Å²) < 4.78 is 5.44. The van der Waals surface area contributed by atoms with Gasteiger partial charge in [-0.2, -0.15) is 0 Å². The SMILES string of the molecule is Cl.Cl.O=C(NCC(c1cccs1)N1CCOCC1)C1CSCN1. The zero-order valence-corrected chi connectivity index (χ0v) is 16.0. The van der Waals surface area contributed by atoms with Crippen molar-refractivity contribution < 1.29 is 9.53 Å². The molecule has 9 heteroatoms. The Morgan fingerprint density at radius 3 is 2.83 bits per heavy atom. The minimum absolute atomic E-state index is 0. The first-order valence-electron chi connectivity index (χ1n) is 7.28. The molecule has 132 valence electrons. The number of hydrogen-bond acceptors (Lipinski definition) is 6. The molecule has 0 radical (unpaired) electrons. The summed E-state index contributed by atoms with van der Waals surface area (Å²) in [5.41, 5.74) is 0. The summed E-state index contributed by atoms with van der Waals surface area (Å²) in [6, 6.07) is 4.45. The number of morpholine rings is 1. The fraction of sp³-hybridized carbons (Fsp3) is 0.643. The van der Waals surface area contributed by atoms with Crippen molar-refractivity contribution in [2.75, 3.05) is 44.5 Å². The van der Waals surface area contributed by atoms with Crippen LogP contribution in [0.1, 0.15) is 10.9 Å². The predicted molar refractivity (Wildman–Crippen MR) is 101 cm³/mol. The van der Waals surface area contributed by atoms with Gasteiger partial charge < -0.3 is 10.1 Å². The van der Waals surface area contributed by atoms with Gasteiger partial charge in [0, 0.05) is 36.1 Å². The van der Waals surface area contributed by atoms with E-state index in [-0.39, 0.29) is 42.8 Å². The number of ether oxygens (including phenoxy) is 1. The first kappa shape index (κ1) is 21.0. The van der Waals surface area contributed by atoms with Crippen molar-refractivity contribution in [2.45, 2.75) is 12.1 Å². The van der Waals surface area contributed by atoms with E-state index in [1.807, 2.05) is 0 Å². The number of thioether (sulfide) groups is 1. The topological polar surface area (TPSA) is 53.6 Å². The van der Waals surface area contributed by atoms with Crippen molar-refractivity contribution in [1.29, 1.82) is 0 Å². The van der Waals surface area contributed by atoms with Gasteiger partial charge in [-0.05, 0) is 11.4 Å². The van der Waals surface area contributed by atoms with E-state index in [9.17, 15) is 4.79 Å². The van der Waals surface area contributed by atoms with E-state index in [2.05, 4.69) is 33.0 Å². The maximum Gasteiger partial charge on any atom is 0.238 e. The zero-order valence-electron chi connectivity index (χ0n) is 12.7. The standard InChI is InChI=1S/C14H21N3O2S2.2ClH/c18-14(11-9-20-10-16-11)15-8-12(13-2-1-7-21-13)17-3-5-19-6-4-17;;/h1-2,7,11-12,16H,3-6,8-10H2,(H,15,18);2*1H. The molecule has 3 heterocycles. The van der Waals surface area contributed by atoms with Crippen molar-refractivity contribution in [1.82, 2.24) is 15.5 Å². The Morgan fingerprint density at radius 1 is 1.43 bits per heavy atom. The first-order valence-corrected chi connectivity index (χ1v) is 9.32. The lowest BCUT2D eigenvalue weighted by Gasteiger charge is -2.34. The average molecular weight is 400 g/mol. The van der Waals surface area contributed by atoms with E-state index < -0.39 is 0 Å². The van der Waals surface area contributed by atoms with Gasteiger partial charge in [-0.1, -0.05) is 6.07 Å². The van der Waals surface area contributed by atoms with Crippen LogP contribution in [0.3, 0.4) is 0 Å². The van der Waals surface area contributed by atoms with Crippen LogP contribution in [0.25, 0.3) is 0 Å². The van der Waals surface area contributed by atoms with E-state index in [1.54, 1.807) is 23.1 Å². The number of rotatable bonds is 5. The van der Waals surface area contributed by atoms with Crippen LogP contribution >= 0.6 is 47.9 Å². The maximum absolute atomic E-state index is 12.2. The van der Waals surface area contributed by atoms with Gasteiger partial charge >= 0.3 is 0 Å². The monoisotopic (exact) mass is 399 g/mol. The lowest BCUT2D eigenvalue weighted by Crippen LogP contribution is -2.47. The molecule has 2 unspecified atom stereocenters. The van der Waals surface area contributed by atoms with Crippen LogP contribution in [-0.2, 0) is 9.53 Å². The molecule has 0 aromatic carbocycles. The van der Waals surface area contributed by atoms with Crippen molar-refractivity contribution in [2.24, 2.45) is 0 Å². The highest BCUT2D eigenvalue weighted by Crippen LogP contribution is 2.25. The summed E-state index contributed by atoms with van der Waals surface area (Å²) in [6.07, 6.45) is 0. The van der Waals surface area contributed by atoms with Gasteiger partial charge in [-0.15, -0.1) is 47.9 Å². The second-order valence-corrected chi connectivity index (χ2v) is 7.21. The Kier molecular flexibility index (Phi) is 9.84. The van der Waals surface area contributed by atoms with Gasteiger partial charge in [0.25, 0.3) is 0 Å². The Morgan fingerprint density at radius 2 is 2.22 bits per heavy atom. The molecule has 0 bridgehead atoms. The number of thiophene rings is 1. The Bertz CT molecular complexity index is 453. The third-order valence-electron chi connectivity index (χ3n) is 3.86. The van der Waals surface area contributed by atoms with Crippen LogP contribution < -0.4 is 10.6 Å². The quantitative estimate of drug-likeness (QED) is 0.789. The molecule has 2 N–H and O–H groups in total. The highest BCUT2D eigenvalue weighted by Gasteiger charge is 2.26. The smallest absolute Gasteiger partial charge is 0.238 e. The zero-order chi connectivity index (χ0) is 14.5. The molecule has 2 aliphatic rings. The molecule has 1 amide bonds. The molecule has 0 saturated carbocycles. The van der Waals surface area contributed by atoms with E-state index >= 15 is 0 Å². The van der Waals surface area contributed by atoms with Crippen LogP contribution in [0, 0.1) is 0 Å². The molecule has 1 aromatic rings. The normalized spacial score (nSPS) is 22.7. The summed E-state index contributed by atoms with van der Waals surface area (Å²) in [5.74, 6) is 1.86. The molecule has 1 aromatic heterocycles. The summed E-state index contributed by atoms with van der Waals surface area (Å²) in [6.45, 7) is 4.07. The van der Waals surface area contributed by atoms with Crippen LogP contribution in [0.15, 0.2) is 17.5 Å². The molecule has 2 fully saturated rings. The summed E-state index contributed by atoms with van der Waals surface area (Å²) >= 11 is 3.53. The molecular weight excluding hydrogens is 377 g/mol. The minimum atomic E-state index is -0.0383. The molecule has 2 aliphatic heterocycles. The van der Waals surface area contributed by atoms with Crippen molar-refractivity contribution in [3.63, 3.8) is 0 Å². The molecule has 0 spiro atoms. The van der Waals surface area contributed by atoms with Gasteiger partial charge in [0.05, 0.1) is 25.3 Å². The third kappa shape index (κ3) is 5.77. The molecule has 3 rings (SSSR count). The highest BCUT2D eigenvalue weighted by molar-refractivity contribution is 7.99. The fourth-order valence-electron chi connectivity index (χ4n) is 2.66. The van der Waals surface area contributed by atoms with E-state index in [4.69, 9.17) is 4.74 Å². The second kappa shape index (κ2) is 10.8. The number of carbonyl (C=O) groups is 1. The molecule has 2 atom stereocenters. The number of carbonyl (C=O) groups excluding carboxylic acids is 1. The van der Waals surface area contributed by atoms with Crippen molar-refractivity contribution in [3.8, 4) is 0 Å². The van der Waals surface area contributed by atoms with E-state index in [0.717, 1.165) is 37.9 Å². The molecular formula is C14H23Cl2N3O2S2. The van der Waals surface area contributed by atoms with Gasteiger partial charge in [-0.25, -0.2) is 0 Å². The number of amides is 1. The Labute approximate surface area is 157 Å². The van der Waals surface area contributed by atoms with Crippen LogP contribution in [0.5, 0.6) is 0 Å². The van der Waals surface area contributed by atoms with Gasteiger partial charge in [0.1, 0.15) is 0 Å². The largest absolute Gasteiger partial charge is 0.379 e. The van der Waals surface area contributed by atoms with Crippen molar-refractivity contribution >= 4 is 53.8 Å². The highest BCUT2D eigenvalue weighted by atomic mass is 35.5. The minimum Gasteiger partial charge on any atom is -0.379 e. The number of halogens is 2. The Hall–Kier alpha value is -0.0200. The molecule has 5 nitrogen and oxygen atoms in total. The third-order valence-corrected chi connectivity index (χ3v) is 5.77. The lowest BCUT2D eigenvalue weighted by atomic mass is 10.1. The Balaban J connectivity index is 0.00000132. The predicted octanol–water partition coefficient (Wildman–Crippen LogP) is 1.74. The first-order chi connectivity index (χ1) is 10.3. The lowest BCUT2D eigenvalue weighted by molar-refractivity contribution is -0.122. The van der Waals surface area contributed by atoms with Gasteiger partial charge in [-0.3, -0.25) is 15.0 Å². The van der Waals surface area contributed by atoms with Gasteiger partial charge in [0.15, 0.2) is 0 Å². The molecule has 2 saturated heterocycles. The molecule has 0 aliphatic carbocycles. The number of nitrogens with zero attached hydrogens (tertiary/aromatic N) is 1. The second-order valence-electron chi connectivity index (χ2n) is 5.20. The van der Waals surface area contributed by atoms with Crippen LogP contribution in [-0.4, -0.2) is 61.3 Å². The summed E-state index contributed by atoms with van der Waals surface area (Å²) in [4.78, 5) is 15.9. The average Bonchev–Trinajstić information content (AvgIpc) is 3.22. The van der Waals surface area contributed by atoms with Crippen LogP contribution in [0.4, 0.5) is 0 Å². The van der Waals surface area contributed by atoms with Crippen molar-refractivity contribution in [3.05, 3.63) is 22.4 Å². The van der Waals surface area contributed by atoms with E-state index in [1.165, 1.54) is 4.88 Å². The van der Waals surface area contributed by atoms with E-state index in [0.29, 0.717) is 6.54 Å². The number of hydrogen-bond donors (Lipinski definition) is 2. The van der Waals surface area contributed by atoms with Crippen LogP contribution in [0.2, 0.25) is 0 Å².